The van der Waals surface area contributed by atoms with Crippen LogP contribution in [-0.2, 0) is 5.92 Å². The molecule has 0 saturated heterocycles. The van der Waals surface area contributed by atoms with Crippen LogP contribution in [0.5, 0.6) is 0 Å². The quantitative estimate of drug-likeness (QED) is 0.578. The first-order valence-electron chi connectivity index (χ1n) is 4.18. The molecule has 1 heterocycles. The molecule has 2 rings (SSSR count). The Balaban J connectivity index is 2.57. The SMILES string of the molecule is [O-][n+]1onc2cc(C(F)(F)C(F)(F)F)ccc21. The first-order valence-corrected chi connectivity index (χ1v) is 4.18. The highest BCUT2D eigenvalue weighted by atomic mass is 19.4. The van der Waals surface area contributed by atoms with E-state index in [4.69, 9.17) is 0 Å². The summed E-state index contributed by atoms with van der Waals surface area (Å²) in [5, 5.41) is 13.9. The van der Waals surface area contributed by atoms with Gasteiger partial charge in [0.05, 0.1) is 0 Å². The highest BCUT2D eigenvalue weighted by Crippen LogP contribution is 2.44. The van der Waals surface area contributed by atoms with E-state index in [1.54, 1.807) is 0 Å². The van der Waals surface area contributed by atoms with E-state index < -0.39 is 17.7 Å². The number of hydrogen-bond acceptors (Lipinski definition) is 3. The van der Waals surface area contributed by atoms with Gasteiger partial charge in [-0.05, 0) is 17.0 Å². The third-order valence-electron chi connectivity index (χ3n) is 2.10. The fourth-order valence-electron chi connectivity index (χ4n) is 1.23. The number of alkyl halides is 5. The zero-order valence-electron chi connectivity index (χ0n) is 7.83. The van der Waals surface area contributed by atoms with Crippen molar-refractivity contribution in [2.24, 2.45) is 0 Å². The zero-order chi connectivity index (χ0) is 12.8. The number of halogens is 5. The Morgan fingerprint density at radius 1 is 1.18 bits per heavy atom. The minimum Gasteiger partial charge on any atom is -0.359 e. The Morgan fingerprint density at radius 3 is 2.41 bits per heavy atom. The van der Waals surface area contributed by atoms with Crippen molar-refractivity contribution in [3.8, 4) is 0 Å². The number of fused-ring (bicyclic) bond motifs is 1. The molecule has 0 saturated carbocycles. The van der Waals surface area contributed by atoms with E-state index >= 15 is 0 Å². The number of benzene rings is 1. The molecule has 0 aliphatic rings. The second-order valence-electron chi connectivity index (χ2n) is 3.21. The lowest BCUT2D eigenvalue weighted by Crippen LogP contribution is -2.33. The van der Waals surface area contributed by atoms with Crippen LogP contribution in [-0.4, -0.2) is 11.3 Å². The van der Waals surface area contributed by atoms with Gasteiger partial charge >= 0.3 is 12.1 Å². The molecule has 0 fully saturated rings. The van der Waals surface area contributed by atoms with Gasteiger partial charge < -0.3 is 5.21 Å². The second-order valence-corrected chi connectivity index (χ2v) is 3.21. The molecule has 92 valence electrons. The summed E-state index contributed by atoms with van der Waals surface area (Å²) in [7, 11) is 0. The molecule has 0 radical (unpaired) electrons. The first kappa shape index (κ1) is 11.6. The Morgan fingerprint density at radius 2 is 1.82 bits per heavy atom. The molecule has 0 aliphatic heterocycles. The van der Waals surface area contributed by atoms with Crippen molar-refractivity contribution < 1.29 is 31.5 Å². The van der Waals surface area contributed by atoms with Crippen LogP contribution in [0.2, 0.25) is 0 Å². The molecular weight excluding hydrogens is 251 g/mol. The Hall–Kier alpha value is -1.93. The van der Waals surface area contributed by atoms with Crippen molar-refractivity contribution in [3.63, 3.8) is 0 Å². The maximum atomic E-state index is 12.9. The molecule has 1 aromatic heterocycles. The van der Waals surface area contributed by atoms with Crippen molar-refractivity contribution >= 4 is 11.0 Å². The summed E-state index contributed by atoms with van der Waals surface area (Å²) in [6, 6.07) is 1.75. The zero-order valence-corrected chi connectivity index (χ0v) is 7.83. The van der Waals surface area contributed by atoms with Gasteiger partial charge in [0.2, 0.25) is 11.0 Å². The van der Waals surface area contributed by atoms with Crippen LogP contribution in [0, 0.1) is 5.21 Å². The maximum Gasteiger partial charge on any atom is 0.458 e. The average Bonchev–Trinajstić information content (AvgIpc) is 2.58. The lowest BCUT2D eigenvalue weighted by Gasteiger charge is -2.19. The Bertz CT molecular complexity index is 563. The van der Waals surface area contributed by atoms with Crippen LogP contribution in [0.4, 0.5) is 22.0 Å². The second kappa shape index (κ2) is 3.28. The Kier molecular flexibility index (Phi) is 2.23. The van der Waals surface area contributed by atoms with Gasteiger partial charge in [-0.1, -0.05) is 0 Å². The topological polar surface area (TPSA) is 53.0 Å². The molecule has 2 aromatic rings. The van der Waals surface area contributed by atoms with Gasteiger partial charge in [-0.15, -0.1) is 0 Å². The predicted molar refractivity (Wildman–Crippen MR) is 42.9 cm³/mol. The van der Waals surface area contributed by atoms with Gasteiger partial charge in [0.25, 0.3) is 0 Å². The molecule has 9 heteroatoms. The molecule has 0 bridgehead atoms. The van der Waals surface area contributed by atoms with Gasteiger partial charge in [-0.25, -0.2) is 0 Å². The van der Waals surface area contributed by atoms with E-state index in [2.05, 4.69) is 9.79 Å². The lowest BCUT2D eigenvalue weighted by atomic mass is 10.1. The van der Waals surface area contributed by atoms with Crippen molar-refractivity contribution in [3.05, 3.63) is 29.0 Å². The minimum absolute atomic E-state index is 0.0924. The Labute approximate surface area is 89.8 Å². The summed E-state index contributed by atoms with van der Waals surface area (Å²) < 4.78 is 66.1. The fourth-order valence-corrected chi connectivity index (χ4v) is 1.23. The van der Waals surface area contributed by atoms with E-state index in [-0.39, 0.29) is 15.9 Å². The van der Waals surface area contributed by atoms with E-state index in [0.29, 0.717) is 12.1 Å². The van der Waals surface area contributed by atoms with Crippen molar-refractivity contribution in [1.82, 2.24) is 5.16 Å². The van der Waals surface area contributed by atoms with Crippen molar-refractivity contribution in [2.45, 2.75) is 12.1 Å². The first-order chi connectivity index (χ1) is 7.73. The summed E-state index contributed by atoms with van der Waals surface area (Å²) in [5.74, 6) is -5.01. The van der Waals surface area contributed by atoms with Crippen molar-refractivity contribution in [1.29, 1.82) is 0 Å². The van der Waals surface area contributed by atoms with E-state index in [1.165, 1.54) is 0 Å². The smallest absolute Gasteiger partial charge is 0.359 e. The monoisotopic (exact) mass is 254 g/mol. The lowest BCUT2D eigenvalue weighted by molar-refractivity contribution is -0.782. The third-order valence-corrected chi connectivity index (χ3v) is 2.10. The number of rotatable bonds is 1. The molecule has 0 atom stereocenters. The summed E-state index contributed by atoms with van der Waals surface area (Å²) in [5.41, 5.74) is -1.90. The molecule has 0 amide bonds. The van der Waals surface area contributed by atoms with Crippen LogP contribution < -0.4 is 4.90 Å². The normalized spacial score (nSPS) is 13.2. The molecule has 0 spiro atoms. The minimum atomic E-state index is -5.71. The third kappa shape index (κ3) is 1.67. The van der Waals surface area contributed by atoms with Crippen LogP contribution in [0.15, 0.2) is 22.8 Å². The average molecular weight is 254 g/mol. The van der Waals surface area contributed by atoms with Crippen LogP contribution in [0.3, 0.4) is 0 Å². The van der Waals surface area contributed by atoms with Gasteiger partial charge in [0.15, 0.2) is 0 Å². The van der Waals surface area contributed by atoms with E-state index in [9.17, 15) is 27.2 Å². The van der Waals surface area contributed by atoms with Gasteiger partial charge in [0.1, 0.15) is 0 Å². The summed E-state index contributed by atoms with van der Waals surface area (Å²) in [6.07, 6.45) is -5.71. The summed E-state index contributed by atoms with van der Waals surface area (Å²) in [6.45, 7) is 0. The molecule has 4 nitrogen and oxygen atoms in total. The van der Waals surface area contributed by atoms with Crippen molar-refractivity contribution in [2.75, 3.05) is 0 Å². The molecule has 0 aliphatic carbocycles. The maximum absolute atomic E-state index is 12.9. The van der Waals surface area contributed by atoms with Gasteiger partial charge in [0, 0.05) is 16.8 Å². The predicted octanol–water partition coefficient (Wildman–Crippen LogP) is 2.12. The van der Waals surface area contributed by atoms with Crippen LogP contribution >= 0.6 is 0 Å². The fraction of sp³-hybridized carbons (Fsp3) is 0.250. The molecule has 17 heavy (non-hydrogen) atoms. The van der Waals surface area contributed by atoms with Crippen LogP contribution in [0.1, 0.15) is 5.56 Å². The number of aromatic nitrogens is 2. The molecular formula is C8H3F5N2O2. The molecule has 0 N–H and O–H groups in total. The van der Waals surface area contributed by atoms with E-state index in [0.717, 1.165) is 6.07 Å². The largest absolute Gasteiger partial charge is 0.458 e. The highest BCUT2D eigenvalue weighted by molar-refractivity contribution is 5.71. The van der Waals surface area contributed by atoms with Crippen LogP contribution in [0.25, 0.3) is 11.0 Å². The van der Waals surface area contributed by atoms with E-state index in [1.807, 2.05) is 0 Å². The number of hydrogen-bond donors (Lipinski definition) is 0. The summed E-state index contributed by atoms with van der Waals surface area (Å²) in [4.78, 5) is -0.0924. The highest BCUT2D eigenvalue weighted by Gasteiger charge is 2.58. The molecule has 0 unspecified atom stereocenters. The summed E-state index contributed by atoms with van der Waals surface area (Å²) >= 11 is 0. The number of nitrogens with zero attached hydrogens (tertiary/aromatic N) is 2. The van der Waals surface area contributed by atoms with Gasteiger partial charge in [-0.2, -0.15) is 22.0 Å². The van der Waals surface area contributed by atoms with Gasteiger partial charge in [-0.3, -0.25) is 4.63 Å². The standard InChI is InChI=1S/C8H3F5N2O2/c9-7(10,8(11,12)13)4-1-2-6-5(3-4)14-17-15(6)16/h1-3H. The molecule has 1 aromatic carbocycles.